The molecule has 0 radical (unpaired) electrons. The Morgan fingerprint density at radius 1 is 1.00 bits per heavy atom. The van der Waals surface area contributed by atoms with Crippen LogP contribution in [0.1, 0.15) is 34.7 Å². The van der Waals surface area contributed by atoms with Crippen molar-refractivity contribution in [1.29, 1.82) is 0 Å². The van der Waals surface area contributed by atoms with E-state index in [9.17, 15) is 9.59 Å². The number of carbonyl (C=O) groups is 2. The first-order valence-electron chi connectivity index (χ1n) is 13.1. The third kappa shape index (κ3) is 4.79. The first kappa shape index (κ1) is 24.6. The van der Waals surface area contributed by atoms with Crippen LogP contribution >= 0.6 is 11.3 Å². The Hall–Kier alpha value is -3.69. The third-order valence-corrected chi connectivity index (χ3v) is 8.18. The van der Waals surface area contributed by atoms with Crippen molar-refractivity contribution in [3.8, 4) is 5.75 Å². The van der Waals surface area contributed by atoms with Gasteiger partial charge in [-0.25, -0.2) is 9.78 Å². The van der Waals surface area contributed by atoms with E-state index in [1.165, 1.54) is 10.5 Å². The van der Waals surface area contributed by atoms with Crippen LogP contribution in [0.3, 0.4) is 0 Å². The molecule has 0 unspecified atom stereocenters. The van der Waals surface area contributed by atoms with Crippen LogP contribution in [0.15, 0.2) is 59.3 Å². The quantitative estimate of drug-likeness (QED) is 0.363. The minimum atomic E-state index is -0.563. The van der Waals surface area contributed by atoms with Crippen LogP contribution < -0.4 is 9.64 Å². The van der Waals surface area contributed by atoms with Crippen molar-refractivity contribution in [2.75, 3.05) is 38.1 Å². The Labute approximate surface area is 226 Å². The molecule has 4 aromatic rings. The summed E-state index contributed by atoms with van der Waals surface area (Å²) in [4.78, 5) is 37.7. The predicted molar refractivity (Wildman–Crippen MR) is 149 cm³/mol. The molecule has 0 bridgehead atoms. The van der Waals surface area contributed by atoms with E-state index in [-0.39, 0.29) is 5.91 Å². The van der Waals surface area contributed by atoms with Gasteiger partial charge in [-0.2, -0.15) is 11.3 Å². The summed E-state index contributed by atoms with van der Waals surface area (Å²) in [6, 6.07) is 15.6. The molecule has 1 saturated heterocycles. The van der Waals surface area contributed by atoms with E-state index in [1.54, 1.807) is 24.5 Å². The Bertz CT molecular complexity index is 1450. The van der Waals surface area contributed by atoms with Crippen LogP contribution in [0.5, 0.6) is 5.75 Å². The van der Waals surface area contributed by atoms with Gasteiger partial charge in [-0.1, -0.05) is 36.4 Å². The van der Waals surface area contributed by atoms with Crippen LogP contribution in [0.4, 0.5) is 10.6 Å². The molecular weight excluding hydrogens is 498 g/mol. The fraction of sp³-hybridized carbons (Fsp3) is 0.345. The third-order valence-electron chi connectivity index (χ3n) is 7.45. The van der Waals surface area contributed by atoms with Crippen molar-refractivity contribution in [3.05, 3.63) is 76.4 Å². The van der Waals surface area contributed by atoms with E-state index in [1.807, 2.05) is 45.9 Å². The standard InChI is InChI=1S/C29H31N5O3S/c1-31(29(36)37-24-10-6-8-22-7-2-3-9-23(22)24)27-26(34-13-5-4-11-25(34)30-27)28(35)33-16-14-32(15-17-33)19-21-12-18-38-20-21/h2-3,6-10,12,18,20H,4-5,11,13-17,19H2,1H3. The summed E-state index contributed by atoms with van der Waals surface area (Å²) in [6.07, 6.45) is 2.24. The molecule has 0 spiro atoms. The summed E-state index contributed by atoms with van der Waals surface area (Å²) in [5.41, 5.74) is 1.80. The van der Waals surface area contributed by atoms with Gasteiger partial charge in [0.15, 0.2) is 11.5 Å². The number of anilines is 1. The second-order valence-electron chi connectivity index (χ2n) is 9.91. The van der Waals surface area contributed by atoms with Crippen molar-refractivity contribution in [3.63, 3.8) is 0 Å². The summed E-state index contributed by atoms with van der Waals surface area (Å²) in [6.45, 7) is 4.56. The molecule has 9 heteroatoms. The van der Waals surface area contributed by atoms with Gasteiger partial charge in [-0.15, -0.1) is 0 Å². The molecule has 0 saturated carbocycles. The van der Waals surface area contributed by atoms with Crippen molar-refractivity contribution >= 4 is 39.9 Å². The molecule has 2 aliphatic heterocycles. The summed E-state index contributed by atoms with van der Waals surface area (Å²) in [5.74, 6) is 1.65. The van der Waals surface area contributed by atoms with Gasteiger partial charge in [0.1, 0.15) is 11.6 Å². The first-order chi connectivity index (χ1) is 18.6. The maximum Gasteiger partial charge on any atom is 0.420 e. The van der Waals surface area contributed by atoms with E-state index in [4.69, 9.17) is 9.72 Å². The Morgan fingerprint density at radius 3 is 2.63 bits per heavy atom. The summed E-state index contributed by atoms with van der Waals surface area (Å²) in [7, 11) is 1.64. The summed E-state index contributed by atoms with van der Waals surface area (Å²) < 4.78 is 7.84. The fourth-order valence-corrected chi connectivity index (χ4v) is 6.01. The molecule has 0 aliphatic carbocycles. The largest absolute Gasteiger partial charge is 0.420 e. The van der Waals surface area contributed by atoms with E-state index < -0.39 is 6.09 Å². The second kappa shape index (κ2) is 10.6. The minimum absolute atomic E-state index is 0.0688. The molecule has 196 valence electrons. The highest BCUT2D eigenvalue weighted by molar-refractivity contribution is 7.07. The normalized spacial score (nSPS) is 15.9. The molecule has 8 nitrogen and oxygen atoms in total. The van der Waals surface area contributed by atoms with Crippen LogP contribution in [0, 0.1) is 0 Å². The number of thiophene rings is 1. The fourth-order valence-electron chi connectivity index (χ4n) is 5.35. The smallest absolute Gasteiger partial charge is 0.409 e. The zero-order valence-electron chi connectivity index (χ0n) is 21.5. The van der Waals surface area contributed by atoms with Crippen LogP contribution in [0.25, 0.3) is 10.8 Å². The highest BCUT2D eigenvalue weighted by Gasteiger charge is 2.33. The van der Waals surface area contributed by atoms with Crippen molar-refractivity contribution in [2.24, 2.45) is 0 Å². The average Bonchev–Trinajstić information content (AvgIpc) is 3.61. The summed E-state index contributed by atoms with van der Waals surface area (Å²) in [5, 5.41) is 6.13. The van der Waals surface area contributed by atoms with E-state index in [0.717, 1.165) is 62.0 Å². The number of hydrogen-bond acceptors (Lipinski definition) is 6. The molecular formula is C29H31N5O3S. The number of imidazole rings is 1. The molecule has 2 aromatic heterocycles. The zero-order valence-corrected chi connectivity index (χ0v) is 22.3. The maximum atomic E-state index is 13.9. The zero-order chi connectivity index (χ0) is 26.1. The number of amides is 2. The number of ether oxygens (including phenoxy) is 1. The number of rotatable bonds is 5. The highest BCUT2D eigenvalue weighted by Crippen LogP contribution is 2.30. The number of piperazine rings is 1. The molecule has 2 aliphatic rings. The van der Waals surface area contributed by atoms with Crippen molar-refractivity contribution < 1.29 is 14.3 Å². The van der Waals surface area contributed by atoms with Crippen LogP contribution in [-0.2, 0) is 19.5 Å². The number of nitrogens with zero attached hydrogens (tertiary/aromatic N) is 5. The number of carbonyl (C=O) groups excluding carboxylic acids is 2. The SMILES string of the molecule is CN(C(=O)Oc1cccc2ccccc12)c1nc2n(c1C(=O)N1CCN(Cc3ccsc3)CC1)CCCC2. The number of aryl methyl sites for hydroxylation is 1. The van der Waals surface area contributed by atoms with Crippen molar-refractivity contribution in [1.82, 2.24) is 19.4 Å². The lowest BCUT2D eigenvalue weighted by molar-refractivity contribution is 0.0617. The number of hydrogen-bond donors (Lipinski definition) is 0. The van der Waals surface area contributed by atoms with E-state index in [0.29, 0.717) is 30.4 Å². The Kier molecular flexibility index (Phi) is 6.86. The number of fused-ring (bicyclic) bond motifs is 2. The predicted octanol–water partition coefficient (Wildman–Crippen LogP) is 5.03. The van der Waals surface area contributed by atoms with E-state index in [2.05, 4.69) is 21.7 Å². The van der Waals surface area contributed by atoms with E-state index >= 15 is 0 Å². The van der Waals surface area contributed by atoms with Crippen molar-refractivity contribution in [2.45, 2.75) is 32.4 Å². The van der Waals surface area contributed by atoms with Gasteiger partial charge >= 0.3 is 6.09 Å². The molecule has 1 fully saturated rings. The van der Waals surface area contributed by atoms with Gasteiger partial charge in [-0.3, -0.25) is 14.6 Å². The van der Waals surface area contributed by atoms with Gasteiger partial charge in [0.2, 0.25) is 0 Å². The maximum absolute atomic E-state index is 13.9. The summed E-state index contributed by atoms with van der Waals surface area (Å²) >= 11 is 1.71. The average molecular weight is 530 g/mol. The Balaban J connectivity index is 1.23. The first-order valence-corrected chi connectivity index (χ1v) is 14.1. The number of benzene rings is 2. The highest BCUT2D eigenvalue weighted by atomic mass is 32.1. The second-order valence-corrected chi connectivity index (χ2v) is 10.7. The number of aromatic nitrogens is 2. The van der Waals surface area contributed by atoms with Gasteiger partial charge in [-0.05, 0) is 46.7 Å². The van der Waals surface area contributed by atoms with Gasteiger partial charge < -0.3 is 14.2 Å². The molecule has 0 N–H and O–H groups in total. The van der Waals surface area contributed by atoms with Gasteiger partial charge in [0.05, 0.1) is 0 Å². The molecule has 4 heterocycles. The molecule has 2 aromatic carbocycles. The molecule has 6 rings (SSSR count). The lowest BCUT2D eigenvalue weighted by Gasteiger charge is -2.35. The Morgan fingerprint density at radius 2 is 1.82 bits per heavy atom. The lowest BCUT2D eigenvalue weighted by atomic mass is 10.1. The van der Waals surface area contributed by atoms with Gasteiger partial charge in [0, 0.05) is 58.1 Å². The van der Waals surface area contributed by atoms with Crippen LogP contribution in [-0.4, -0.2) is 64.6 Å². The van der Waals surface area contributed by atoms with Gasteiger partial charge in [0.25, 0.3) is 5.91 Å². The minimum Gasteiger partial charge on any atom is -0.409 e. The monoisotopic (exact) mass is 529 g/mol. The lowest BCUT2D eigenvalue weighted by Crippen LogP contribution is -2.49. The molecule has 2 amide bonds. The topological polar surface area (TPSA) is 70.9 Å². The van der Waals surface area contributed by atoms with Crippen LogP contribution in [0.2, 0.25) is 0 Å². The molecule has 0 atom stereocenters. The molecule has 38 heavy (non-hydrogen) atoms.